The Morgan fingerprint density at radius 3 is 2.33 bits per heavy atom. The first-order valence-electron chi connectivity index (χ1n) is 2.96. The van der Waals surface area contributed by atoms with E-state index in [0.717, 1.165) is 6.42 Å². The van der Waals surface area contributed by atoms with E-state index in [1.165, 1.54) is 0 Å². The minimum Gasteiger partial charge on any atom is -1.00 e. The molecule has 9 heavy (non-hydrogen) atoms. The molecule has 0 aliphatic rings. The maximum Gasteiger partial charge on any atom is 1.00 e. The molecule has 0 aromatic rings. The summed E-state index contributed by atoms with van der Waals surface area (Å²) in [4.78, 5) is 4.09. The molecule has 0 aliphatic carbocycles. The topological polar surface area (TPSA) is 38.4 Å². The van der Waals surface area contributed by atoms with E-state index in [9.17, 15) is 0 Å². The first kappa shape index (κ1) is 11.8. The van der Waals surface area contributed by atoms with Gasteiger partial charge in [-0.25, -0.2) is 0 Å². The van der Waals surface area contributed by atoms with E-state index in [2.05, 4.69) is 18.8 Å². The minimum absolute atomic E-state index is 0. The van der Waals surface area contributed by atoms with Crippen LogP contribution in [0.1, 0.15) is 28.6 Å². The molecule has 0 aromatic heterocycles. The average Bonchev–Trinajstić information content (AvgIpc) is 1.65. The molecule has 0 fully saturated rings. The molecule has 3 heteroatoms. The van der Waals surface area contributed by atoms with Gasteiger partial charge in [0, 0.05) is 6.04 Å². The average molecular weight is 122 g/mol. The predicted octanol–water partition coefficient (Wildman–Crippen LogP) is -1.72. The molecule has 0 bridgehead atoms. The number of nitrogens with zero attached hydrogens (tertiary/aromatic N) is 1. The first-order chi connectivity index (χ1) is 3.66. The van der Waals surface area contributed by atoms with Crippen LogP contribution < -0.4 is 24.6 Å². The van der Waals surface area contributed by atoms with E-state index in [-0.39, 0.29) is 20.3 Å². The van der Waals surface area contributed by atoms with Gasteiger partial charge in [0.1, 0.15) is 0 Å². The number of nitrogens with two attached hydrogens (primary N) is 1. The second-order valence-electron chi connectivity index (χ2n) is 2.03. The molecule has 0 heterocycles. The van der Waals surface area contributed by atoms with Crippen LogP contribution in [0.15, 0.2) is 4.99 Å². The predicted molar refractivity (Wildman–Crippen MR) is 38.2 cm³/mol. The van der Waals surface area contributed by atoms with E-state index in [4.69, 9.17) is 5.73 Å². The van der Waals surface area contributed by atoms with Crippen LogP contribution in [0.2, 0.25) is 0 Å². The molecular formula is C6H15LiN2. The Balaban J connectivity index is -0.000000245. The van der Waals surface area contributed by atoms with Crippen LogP contribution in [0.25, 0.3) is 0 Å². The van der Waals surface area contributed by atoms with Gasteiger partial charge in [0.2, 0.25) is 0 Å². The third kappa shape index (κ3) is 8.07. The Kier molecular flexibility index (Phi) is 8.13. The standard InChI is InChI=1S/C6H14N2.Li.H/c1-4-5(2)8-6(3)7;;/h5H,4H2,1-3H3,(H2,7,8);;/q;+1;-1. The molecule has 0 saturated heterocycles. The number of rotatable bonds is 2. The molecule has 0 aliphatic heterocycles. The first-order valence-corrected chi connectivity index (χ1v) is 2.96. The summed E-state index contributed by atoms with van der Waals surface area (Å²) in [6.45, 7) is 5.96. The van der Waals surface area contributed by atoms with Gasteiger partial charge in [0.05, 0.1) is 5.84 Å². The normalized spacial score (nSPS) is 14.3. The maximum atomic E-state index is 5.32. The van der Waals surface area contributed by atoms with Gasteiger partial charge in [-0.15, -0.1) is 0 Å². The van der Waals surface area contributed by atoms with Crippen LogP contribution in [0.3, 0.4) is 0 Å². The number of hydrogen-bond donors (Lipinski definition) is 1. The molecule has 1 atom stereocenters. The van der Waals surface area contributed by atoms with Crippen LogP contribution in [-0.4, -0.2) is 11.9 Å². The van der Waals surface area contributed by atoms with Crippen molar-refractivity contribution in [3.8, 4) is 0 Å². The Hall–Kier alpha value is 0.0674. The molecule has 0 aromatic carbocycles. The second-order valence-corrected chi connectivity index (χ2v) is 2.03. The third-order valence-corrected chi connectivity index (χ3v) is 1.01. The molecular weight excluding hydrogens is 107 g/mol. The summed E-state index contributed by atoms with van der Waals surface area (Å²) in [6.07, 6.45) is 1.06. The Labute approximate surface area is 70.6 Å². The number of aliphatic imine (C=N–C) groups is 1. The molecule has 0 saturated carbocycles. The van der Waals surface area contributed by atoms with Gasteiger partial charge in [-0.05, 0) is 20.3 Å². The van der Waals surface area contributed by atoms with Gasteiger partial charge < -0.3 is 7.16 Å². The number of amidine groups is 1. The fraction of sp³-hybridized carbons (Fsp3) is 0.833. The molecule has 2 nitrogen and oxygen atoms in total. The molecule has 50 valence electrons. The van der Waals surface area contributed by atoms with Gasteiger partial charge in [-0.1, -0.05) is 6.92 Å². The minimum atomic E-state index is 0. The van der Waals surface area contributed by atoms with Gasteiger partial charge in [-0.2, -0.15) is 0 Å². The number of hydrogen-bond acceptors (Lipinski definition) is 1. The van der Waals surface area contributed by atoms with Gasteiger partial charge >= 0.3 is 18.9 Å². The fourth-order valence-electron chi connectivity index (χ4n) is 0.439. The van der Waals surface area contributed by atoms with Gasteiger partial charge in [-0.3, -0.25) is 4.99 Å². The largest absolute Gasteiger partial charge is 1.00 e. The molecule has 0 amide bonds. The quantitative estimate of drug-likeness (QED) is 0.264. The van der Waals surface area contributed by atoms with Crippen molar-refractivity contribution >= 4 is 5.84 Å². The zero-order valence-electron chi connectivity index (χ0n) is 7.81. The van der Waals surface area contributed by atoms with Crippen molar-refractivity contribution in [1.82, 2.24) is 0 Å². The van der Waals surface area contributed by atoms with E-state index in [1.807, 2.05) is 6.92 Å². The third-order valence-electron chi connectivity index (χ3n) is 1.01. The van der Waals surface area contributed by atoms with Crippen molar-refractivity contribution in [3.63, 3.8) is 0 Å². The van der Waals surface area contributed by atoms with E-state index >= 15 is 0 Å². The summed E-state index contributed by atoms with van der Waals surface area (Å²) in [5.74, 6) is 0.680. The van der Waals surface area contributed by atoms with E-state index in [0.29, 0.717) is 11.9 Å². The van der Waals surface area contributed by atoms with Crippen molar-refractivity contribution in [3.05, 3.63) is 0 Å². The molecule has 2 N–H and O–H groups in total. The summed E-state index contributed by atoms with van der Waals surface area (Å²) < 4.78 is 0. The monoisotopic (exact) mass is 122 g/mol. The van der Waals surface area contributed by atoms with Gasteiger partial charge in [0.15, 0.2) is 0 Å². The van der Waals surface area contributed by atoms with Crippen molar-refractivity contribution in [1.29, 1.82) is 0 Å². The Bertz CT molecular complexity index is 91.7. The molecule has 0 rings (SSSR count). The van der Waals surface area contributed by atoms with Gasteiger partial charge in [0.25, 0.3) is 0 Å². The van der Waals surface area contributed by atoms with Crippen molar-refractivity contribution in [2.75, 3.05) is 0 Å². The molecule has 1 unspecified atom stereocenters. The van der Waals surface area contributed by atoms with Crippen LogP contribution in [-0.2, 0) is 0 Å². The summed E-state index contributed by atoms with van der Waals surface area (Å²) >= 11 is 0. The Morgan fingerprint density at radius 2 is 2.22 bits per heavy atom. The van der Waals surface area contributed by atoms with Crippen LogP contribution in [0.4, 0.5) is 0 Å². The Morgan fingerprint density at radius 1 is 1.78 bits per heavy atom. The summed E-state index contributed by atoms with van der Waals surface area (Å²) in [5.41, 5.74) is 5.32. The summed E-state index contributed by atoms with van der Waals surface area (Å²) in [5, 5.41) is 0. The molecule has 0 radical (unpaired) electrons. The SMILES string of the molecule is CCC(C)N=C(C)N.[H-].[Li+]. The smallest absolute Gasteiger partial charge is 1.00 e. The summed E-state index contributed by atoms with van der Waals surface area (Å²) in [7, 11) is 0. The van der Waals surface area contributed by atoms with Crippen molar-refractivity contribution in [2.45, 2.75) is 33.2 Å². The maximum absolute atomic E-state index is 5.32. The zero-order valence-corrected chi connectivity index (χ0v) is 6.81. The molecule has 0 spiro atoms. The van der Waals surface area contributed by atoms with E-state index < -0.39 is 0 Å². The van der Waals surface area contributed by atoms with Crippen molar-refractivity contribution in [2.24, 2.45) is 10.7 Å². The fourth-order valence-corrected chi connectivity index (χ4v) is 0.439. The summed E-state index contributed by atoms with van der Waals surface area (Å²) in [6, 6.07) is 0.389. The van der Waals surface area contributed by atoms with Crippen LogP contribution in [0, 0.1) is 0 Å². The van der Waals surface area contributed by atoms with Crippen LogP contribution in [0.5, 0.6) is 0 Å². The zero-order chi connectivity index (χ0) is 6.57. The van der Waals surface area contributed by atoms with Crippen molar-refractivity contribution < 1.29 is 20.3 Å². The van der Waals surface area contributed by atoms with Crippen LogP contribution >= 0.6 is 0 Å². The van der Waals surface area contributed by atoms with E-state index in [1.54, 1.807) is 0 Å². The second kappa shape index (κ2) is 6.19.